The number of hydrogen-bond donors (Lipinski definition) is 1. The number of sulfonamides is 1. The maximum Gasteiger partial charge on any atom is 0.289 e. The van der Waals surface area contributed by atoms with E-state index in [-0.39, 0.29) is 36.6 Å². The highest BCUT2D eigenvalue weighted by atomic mass is 32.2. The number of para-hydroxylation sites is 1. The Kier molecular flexibility index (Phi) is 7.01. The van der Waals surface area contributed by atoms with E-state index in [0.717, 1.165) is 23.5 Å². The standard InChI is InChI=1S/C11H12N2O5S.C6H11N/c14-9-5-7-12(8-6-9)19(17,18)11-4-2-1-3-10(11)13(15)16;1-6-2-4-7-5-3-6/h1-4H,5-8H2;7H,1-5H2. The second-order valence-corrected chi connectivity index (χ2v) is 8.07. The van der Waals surface area contributed by atoms with Crippen molar-refractivity contribution in [3.8, 4) is 0 Å². The van der Waals surface area contributed by atoms with Gasteiger partial charge in [0.25, 0.3) is 5.69 Å². The summed E-state index contributed by atoms with van der Waals surface area (Å²) in [4.78, 5) is 20.9. The van der Waals surface area contributed by atoms with Crippen LogP contribution in [0.3, 0.4) is 0 Å². The maximum absolute atomic E-state index is 12.3. The summed E-state index contributed by atoms with van der Waals surface area (Å²) < 4.78 is 25.8. The Bertz CT molecular complexity index is 773. The lowest BCUT2D eigenvalue weighted by molar-refractivity contribution is -0.387. The van der Waals surface area contributed by atoms with Crippen LogP contribution < -0.4 is 5.32 Å². The lowest BCUT2D eigenvalue weighted by Crippen LogP contribution is -2.38. The number of rotatable bonds is 3. The first kappa shape index (κ1) is 20.2. The molecule has 8 nitrogen and oxygen atoms in total. The molecule has 3 rings (SSSR count). The van der Waals surface area contributed by atoms with Gasteiger partial charge in [0.2, 0.25) is 10.0 Å². The van der Waals surface area contributed by atoms with E-state index in [4.69, 9.17) is 0 Å². The highest BCUT2D eigenvalue weighted by molar-refractivity contribution is 7.89. The number of nitro groups is 1. The number of benzene rings is 1. The number of nitro benzene ring substituents is 1. The Labute approximate surface area is 153 Å². The van der Waals surface area contributed by atoms with E-state index >= 15 is 0 Å². The van der Waals surface area contributed by atoms with E-state index in [9.17, 15) is 23.3 Å². The van der Waals surface area contributed by atoms with Crippen LogP contribution in [0.2, 0.25) is 0 Å². The first-order valence-corrected chi connectivity index (χ1v) is 9.89. The monoisotopic (exact) mass is 381 g/mol. The topological polar surface area (TPSA) is 110 Å². The van der Waals surface area contributed by atoms with Crippen molar-refractivity contribution in [1.29, 1.82) is 0 Å². The zero-order chi connectivity index (χ0) is 19.2. The van der Waals surface area contributed by atoms with Gasteiger partial charge in [-0.3, -0.25) is 14.9 Å². The van der Waals surface area contributed by atoms with E-state index in [1.54, 1.807) is 0 Å². The molecule has 0 saturated carbocycles. The van der Waals surface area contributed by atoms with Gasteiger partial charge in [-0.2, -0.15) is 4.31 Å². The van der Waals surface area contributed by atoms with Gasteiger partial charge in [-0.15, -0.1) is 0 Å². The van der Waals surface area contributed by atoms with Crippen molar-refractivity contribution in [3.05, 3.63) is 46.5 Å². The van der Waals surface area contributed by atoms with Crippen LogP contribution in [0.5, 0.6) is 0 Å². The lowest BCUT2D eigenvalue weighted by Gasteiger charge is -2.25. The third kappa shape index (κ3) is 5.20. The highest BCUT2D eigenvalue weighted by Gasteiger charge is 2.33. The molecule has 0 bridgehead atoms. The Morgan fingerprint density at radius 3 is 2.15 bits per heavy atom. The molecule has 2 saturated heterocycles. The molecule has 0 aliphatic carbocycles. The number of ketones is 1. The molecule has 2 aliphatic rings. The molecule has 2 fully saturated rings. The van der Waals surface area contributed by atoms with Crippen molar-refractivity contribution in [2.24, 2.45) is 0 Å². The average molecular weight is 381 g/mol. The first-order valence-electron chi connectivity index (χ1n) is 8.45. The Balaban J connectivity index is 0.000000290. The molecule has 0 atom stereocenters. The van der Waals surface area contributed by atoms with Crippen molar-refractivity contribution in [1.82, 2.24) is 9.62 Å². The lowest BCUT2D eigenvalue weighted by atomic mass is 10.1. The van der Waals surface area contributed by atoms with Gasteiger partial charge in [0.15, 0.2) is 4.90 Å². The molecule has 1 N–H and O–H groups in total. The van der Waals surface area contributed by atoms with Crippen LogP contribution >= 0.6 is 0 Å². The zero-order valence-corrected chi connectivity index (χ0v) is 15.3. The SMILES string of the molecule is C=C1CCNCC1.O=C1CCN(S(=O)(=O)c2ccccc2[N+](=O)[O-])CC1. The Hall–Kier alpha value is -2.10. The van der Waals surface area contributed by atoms with Crippen molar-refractivity contribution in [2.45, 2.75) is 30.6 Å². The third-order valence-corrected chi connectivity index (χ3v) is 6.22. The number of Topliss-reactive ketones (excluding diaryl/α,β-unsaturated/α-hetero) is 1. The fraction of sp³-hybridized carbons (Fsp3) is 0.471. The van der Waals surface area contributed by atoms with E-state index in [0.29, 0.717) is 0 Å². The summed E-state index contributed by atoms with van der Waals surface area (Å²) in [5.41, 5.74) is 0.957. The molecule has 1 aromatic carbocycles. The second-order valence-electron chi connectivity index (χ2n) is 6.17. The molecular formula is C17H23N3O5S. The molecule has 2 aliphatic heterocycles. The molecule has 9 heteroatoms. The summed E-state index contributed by atoms with van der Waals surface area (Å²) in [6, 6.07) is 5.22. The van der Waals surface area contributed by atoms with Crippen molar-refractivity contribution in [2.75, 3.05) is 26.2 Å². The summed E-state index contributed by atoms with van der Waals surface area (Å²) in [6.45, 7) is 6.30. The van der Waals surface area contributed by atoms with Crippen LogP contribution in [-0.2, 0) is 14.8 Å². The second kappa shape index (κ2) is 9.02. The molecule has 2 heterocycles. The summed E-state index contributed by atoms with van der Waals surface area (Å²) >= 11 is 0. The fourth-order valence-corrected chi connectivity index (χ4v) is 4.32. The fourth-order valence-electron chi connectivity index (χ4n) is 2.72. The quantitative estimate of drug-likeness (QED) is 0.486. The van der Waals surface area contributed by atoms with Gasteiger partial charge < -0.3 is 5.32 Å². The smallest absolute Gasteiger partial charge is 0.289 e. The summed E-state index contributed by atoms with van der Waals surface area (Å²) in [5, 5.41) is 14.1. The minimum Gasteiger partial charge on any atom is -0.316 e. The van der Waals surface area contributed by atoms with Gasteiger partial charge in [-0.1, -0.05) is 24.3 Å². The van der Waals surface area contributed by atoms with Gasteiger partial charge in [-0.25, -0.2) is 8.42 Å². The van der Waals surface area contributed by atoms with E-state index in [2.05, 4.69) is 11.9 Å². The normalized spacial score (nSPS) is 18.8. The number of hydrogen-bond acceptors (Lipinski definition) is 6. The van der Waals surface area contributed by atoms with Crippen LogP contribution in [0.25, 0.3) is 0 Å². The molecular weight excluding hydrogens is 358 g/mol. The minimum atomic E-state index is -3.92. The molecule has 26 heavy (non-hydrogen) atoms. The third-order valence-electron chi connectivity index (χ3n) is 4.27. The van der Waals surface area contributed by atoms with Gasteiger partial charge in [0, 0.05) is 32.0 Å². The van der Waals surface area contributed by atoms with E-state index in [1.165, 1.54) is 36.6 Å². The molecule has 0 radical (unpaired) electrons. The first-order chi connectivity index (χ1) is 12.3. The van der Waals surface area contributed by atoms with E-state index < -0.39 is 20.6 Å². The molecule has 1 aromatic rings. The van der Waals surface area contributed by atoms with E-state index in [1.807, 2.05) is 0 Å². The molecule has 0 amide bonds. The van der Waals surface area contributed by atoms with Crippen LogP contribution in [0, 0.1) is 10.1 Å². The average Bonchev–Trinajstić information content (AvgIpc) is 2.63. The molecule has 142 valence electrons. The van der Waals surface area contributed by atoms with Crippen molar-refractivity contribution >= 4 is 21.5 Å². The van der Waals surface area contributed by atoms with Crippen molar-refractivity contribution in [3.63, 3.8) is 0 Å². The Morgan fingerprint density at radius 1 is 1.08 bits per heavy atom. The number of piperidine rings is 2. The summed E-state index contributed by atoms with van der Waals surface area (Å²) in [7, 11) is -3.92. The molecule has 0 aromatic heterocycles. The van der Waals surface area contributed by atoms with Crippen molar-refractivity contribution < 1.29 is 18.1 Å². The largest absolute Gasteiger partial charge is 0.316 e. The van der Waals surface area contributed by atoms with Gasteiger partial charge in [-0.05, 0) is 32.0 Å². The highest BCUT2D eigenvalue weighted by Crippen LogP contribution is 2.27. The number of nitrogens with zero attached hydrogens (tertiary/aromatic N) is 2. The van der Waals surface area contributed by atoms with Gasteiger partial charge in [0.1, 0.15) is 5.78 Å². The predicted molar refractivity (Wildman–Crippen MR) is 97.3 cm³/mol. The predicted octanol–water partition coefficient (Wildman–Crippen LogP) is 1.87. The van der Waals surface area contributed by atoms with Gasteiger partial charge in [0.05, 0.1) is 4.92 Å². The van der Waals surface area contributed by atoms with Crippen LogP contribution in [0.1, 0.15) is 25.7 Å². The van der Waals surface area contributed by atoms with Crippen LogP contribution in [0.15, 0.2) is 41.3 Å². The minimum absolute atomic E-state index is 0.00834. The number of nitrogens with one attached hydrogen (secondary N) is 1. The molecule has 0 spiro atoms. The summed E-state index contributed by atoms with van der Waals surface area (Å²) in [6.07, 6.45) is 2.67. The Morgan fingerprint density at radius 2 is 1.65 bits per heavy atom. The number of carbonyl (C=O) groups is 1. The van der Waals surface area contributed by atoms with Crippen LogP contribution in [0.4, 0.5) is 5.69 Å². The maximum atomic E-state index is 12.3. The number of carbonyl (C=O) groups excluding carboxylic acids is 1. The summed E-state index contributed by atoms with van der Waals surface area (Å²) in [5.74, 6) is 0.00834. The van der Waals surface area contributed by atoms with Crippen LogP contribution in [-0.4, -0.2) is 49.6 Å². The zero-order valence-electron chi connectivity index (χ0n) is 14.5. The van der Waals surface area contributed by atoms with Gasteiger partial charge >= 0.3 is 0 Å². The molecule has 0 unspecified atom stereocenters.